The van der Waals surface area contributed by atoms with Crippen molar-refractivity contribution in [3.05, 3.63) is 198 Å². The van der Waals surface area contributed by atoms with Crippen molar-refractivity contribution in [2.24, 2.45) is 0 Å². The molecule has 1 aromatic heterocycles. The Morgan fingerprint density at radius 3 is 1.94 bits per heavy atom. The van der Waals surface area contributed by atoms with Crippen molar-refractivity contribution in [2.75, 3.05) is 0 Å². The highest BCUT2D eigenvalue weighted by molar-refractivity contribution is 8.00. The number of hydrogen-bond donors (Lipinski definition) is 0. The summed E-state index contributed by atoms with van der Waals surface area (Å²) < 4.78 is 2.50. The molecule has 0 N–H and O–H groups in total. The van der Waals surface area contributed by atoms with E-state index in [9.17, 15) is 0 Å². The van der Waals surface area contributed by atoms with E-state index in [0.717, 1.165) is 12.8 Å². The molecule has 0 saturated heterocycles. The van der Waals surface area contributed by atoms with Crippen LogP contribution in [0.3, 0.4) is 0 Å². The van der Waals surface area contributed by atoms with E-state index in [1.54, 1.807) is 0 Å². The van der Waals surface area contributed by atoms with E-state index in [1.165, 1.54) is 91.6 Å². The molecular formula is C49H33NS2. The summed E-state index contributed by atoms with van der Waals surface area (Å²) in [6.45, 7) is 0. The summed E-state index contributed by atoms with van der Waals surface area (Å²) in [6.07, 6.45) is 9.17. The minimum atomic E-state index is -0.477. The number of fused-ring (bicyclic) bond motifs is 11. The highest BCUT2D eigenvalue weighted by atomic mass is 32.2. The summed E-state index contributed by atoms with van der Waals surface area (Å²) in [6, 6.07) is 59.2. The molecule has 11 rings (SSSR count). The molecule has 7 aromatic carbocycles. The SMILES string of the molecule is C1=CC(n2c3ccccc3c3cccc(-c4ccc5c(c4)C4(c6ccccc6Sc6ccccc64)c4ccc(-c6ccccc6)cc4S5)c32)=CCC1. The third-order valence-corrected chi connectivity index (χ3v) is 13.4. The van der Waals surface area contributed by atoms with Crippen LogP contribution in [0.2, 0.25) is 0 Å². The smallest absolute Gasteiger partial charge is 0.0745 e. The molecule has 246 valence electrons. The number of para-hydroxylation sites is 2. The minimum Gasteiger partial charge on any atom is -0.309 e. The van der Waals surface area contributed by atoms with Gasteiger partial charge in [-0.25, -0.2) is 0 Å². The molecule has 3 heteroatoms. The largest absolute Gasteiger partial charge is 0.309 e. The van der Waals surface area contributed by atoms with Gasteiger partial charge in [0.05, 0.1) is 16.4 Å². The lowest BCUT2D eigenvalue weighted by Crippen LogP contribution is -2.36. The second-order valence-corrected chi connectivity index (χ2v) is 16.1. The molecule has 3 heterocycles. The molecule has 0 unspecified atom stereocenters. The fraction of sp³-hybridized carbons (Fsp3) is 0.0612. The molecule has 0 bridgehead atoms. The normalized spacial score (nSPS) is 15.2. The van der Waals surface area contributed by atoms with Crippen LogP contribution in [0.5, 0.6) is 0 Å². The van der Waals surface area contributed by atoms with E-state index < -0.39 is 5.41 Å². The maximum absolute atomic E-state index is 2.53. The summed E-state index contributed by atoms with van der Waals surface area (Å²) in [5.74, 6) is 0. The molecule has 0 radical (unpaired) electrons. The number of allylic oxidation sites excluding steroid dienone is 4. The minimum absolute atomic E-state index is 0.477. The first kappa shape index (κ1) is 30.2. The zero-order valence-electron chi connectivity index (χ0n) is 28.4. The molecular weight excluding hydrogens is 667 g/mol. The highest BCUT2D eigenvalue weighted by Gasteiger charge is 2.49. The summed E-state index contributed by atoms with van der Waals surface area (Å²) in [7, 11) is 0. The third kappa shape index (κ3) is 4.33. The van der Waals surface area contributed by atoms with E-state index in [-0.39, 0.29) is 0 Å². The van der Waals surface area contributed by atoms with Crippen molar-refractivity contribution in [3.63, 3.8) is 0 Å². The van der Waals surface area contributed by atoms with Crippen molar-refractivity contribution in [3.8, 4) is 22.3 Å². The van der Waals surface area contributed by atoms with Gasteiger partial charge in [-0.2, -0.15) is 0 Å². The van der Waals surface area contributed by atoms with E-state index in [4.69, 9.17) is 0 Å². The van der Waals surface area contributed by atoms with Gasteiger partial charge in [-0.15, -0.1) is 0 Å². The van der Waals surface area contributed by atoms with Crippen LogP contribution in [0.1, 0.15) is 35.1 Å². The van der Waals surface area contributed by atoms with Crippen LogP contribution in [0.15, 0.2) is 196 Å². The van der Waals surface area contributed by atoms with Gasteiger partial charge in [-0.05, 0) is 94.3 Å². The molecule has 52 heavy (non-hydrogen) atoms. The predicted molar refractivity (Wildman–Crippen MR) is 220 cm³/mol. The third-order valence-electron chi connectivity index (χ3n) is 11.1. The zero-order valence-corrected chi connectivity index (χ0v) is 30.1. The van der Waals surface area contributed by atoms with Crippen LogP contribution in [0, 0.1) is 0 Å². The molecule has 0 fully saturated rings. The summed E-state index contributed by atoms with van der Waals surface area (Å²) in [5, 5.41) is 2.58. The maximum atomic E-state index is 2.53. The van der Waals surface area contributed by atoms with Crippen LogP contribution in [-0.2, 0) is 5.41 Å². The zero-order chi connectivity index (χ0) is 34.2. The summed E-state index contributed by atoms with van der Waals surface area (Å²) in [5.41, 5.74) is 13.7. The van der Waals surface area contributed by atoms with E-state index in [2.05, 4.69) is 181 Å². The Balaban J connectivity index is 1.22. The second kappa shape index (κ2) is 11.8. The Bertz CT molecular complexity index is 2760. The number of hydrogen-bond acceptors (Lipinski definition) is 2. The van der Waals surface area contributed by atoms with Gasteiger partial charge in [0.1, 0.15) is 0 Å². The van der Waals surface area contributed by atoms with Crippen LogP contribution in [0.25, 0.3) is 49.8 Å². The van der Waals surface area contributed by atoms with Gasteiger partial charge >= 0.3 is 0 Å². The Labute approximate surface area is 312 Å². The average Bonchev–Trinajstić information content (AvgIpc) is 3.56. The summed E-state index contributed by atoms with van der Waals surface area (Å²) in [4.78, 5) is 5.27. The van der Waals surface area contributed by atoms with Gasteiger partial charge in [0.25, 0.3) is 0 Å². The van der Waals surface area contributed by atoms with Gasteiger partial charge in [0, 0.05) is 41.6 Å². The molecule has 3 aliphatic rings. The first-order valence-electron chi connectivity index (χ1n) is 18.1. The molecule has 1 nitrogen and oxygen atoms in total. The van der Waals surface area contributed by atoms with Crippen molar-refractivity contribution in [2.45, 2.75) is 37.8 Å². The topological polar surface area (TPSA) is 4.93 Å². The van der Waals surface area contributed by atoms with Crippen LogP contribution >= 0.6 is 23.5 Å². The average molecular weight is 700 g/mol. The van der Waals surface area contributed by atoms with Crippen LogP contribution in [-0.4, -0.2) is 4.57 Å². The van der Waals surface area contributed by atoms with Crippen molar-refractivity contribution < 1.29 is 0 Å². The molecule has 8 aromatic rings. The lowest BCUT2D eigenvalue weighted by molar-refractivity contribution is 0.667. The molecule has 0 amide bonds. The fourth-order valence-corrected chi connectivity index (χ4v) is 11.3. The van der Waals surface area contributed by atoms with Gasteiger partial charge in [-0.3, -0.25) is 0 Å². The number of aromatic nitrogens is 1. The Hall–Kier alpha value is -5.48. The fourth-order valence-electron chi connectivity index (χ4n) is 8.93. The molecule has 2 aliphatic heterocycles. The van der Waals surface area contributed by atoms with Gasteiger partial charge < -0.3 is 4.57 Å². The van der Waals surface area contributed by atoms with Crippen LogP contribution < -0.4 is 0 Å². The highest BCUT2D eigenvalue weighted by Crippen LogP contribution is 2.62. The van der Waals surface area contributed by atoms with Crippen molar-refractivity contribution in [1.82, 2.24) is 4.57 Å². The maximum Gasteiger partial charge on any atom is 0.0745 e. The van der Waals surface area contributed by atoms with E-state index >= 15 is 0 Å². The molecule has 1 aliphatic carbocycles. The molecule has 0 saturated carbocycles. The standard InChI is InChI=1S/C49H33NS2/c1-3-14-32(15-4-1)33-26-28-41-47(31-33)52-46-29-27-34(30-42(46)49(41)39-21-8-11-24-44(39)51-45-25-12-9-22-40(45)49)36-19-13-20-38-37-18-7-10-23-43(37)50(48(36)38)35-16-5-2-6-17-35/h1,3-5,7-31H,2,6H2. The second-order valence-electron chi connectivity index (χ2n) is 13.9. The first-order valence-corrected chi connectivity index (χ1v) is 19.7. The Morgan fingerprint density at radius 1 is 0.462 bits per heavy atom. The van der Waals surface area contributed by atoms with Gasteiger partial charge in [-0.1, -0.05) is 157 Å². The molecule has 0 atom stereocenters. The lowest BCUT2D eigenvalue weighted by Gasteiger charge is -2.45. The van der Waals surface area contributed by atoms with E-state index in [0.29, 0.717) is 0 Å². The summed E-state index contributed by atoms with van der Waals surface area (Å²) >= 11 is 3.81. The lowest BCUT2D eigenvalue weighted by atomic mass is 9.64. The number of nitrogens with zero attached hydrogens (tertiary/aromatic N) is 1. The molecule has 1 spiro atoms. The van der Waals surface area contributed by atoms with Gasteiger partial charge in [0.2, 0.25) is 0 Å². The van der Waals surface area contributed by atoms with Crippen molar-refractivity contribution >= 4 is 51.0 Å². The Morgan fingerprint density at radius 2 is 1.13 bits per heavy atom. The van der Waals surface area contributed by atoms with Crippen molar-refractivity contribution in [1.29, 1.82) is 0 Å². The first-order chi connectivity index (χ1) is 25.8. The van der Waals surface area contributed by atoms with Crippen LogP contribution in [0.4, 0.5) is 0 Å². The Kier molecular flexibility index (Phi) is 6.83. The van der Waals surface area contributed by atoms with Gasteiger partial charge in [0.15, 0.2) is 0 Å². The monoisotopic (exact) mass is 699 g/mol. The van der Waals surface area contributed by atoms with E-state index in [1.807, 2.05) is 23.5 Å². The number of benzene rings is 7. The number of rotatable bonds is 3. The quantitative estimate of drug-likeness (QED) is 0.181. The predicted octanol–water partition coefficient (Wildman–Crippen LogP) is 13.6.